The topological polar surface area (TPSA) is 49.3 Å². The lowest BCUT2D eigenvalue weighted by atomic mass is 10.2. The smallest absolute Gasteiger partial charge is 0.261 e. The van der Waals surface area contributed by atoms with Gasteiger partial charge in [-0.2, -0.15) is 0 Å². The largest absolute Gasteiger partial charge is 0.384 e. The van der Waals surface area contributed by atoms with Crippen LogP contribution in [0, 0.1) is 11.8 Å². The Labute approximate surface area is 106 Å². The molecule has 1 aromatic heterocycles. The average molecular weight is 251 g/mol. The molecule has 1 rings (SSSR count). The summed E-state index contributed by atoms with van der Waals surface area (Å²) in [6.07, 6.45) is 1.87. The van der Waals surface area contributed by atoms with E-state index in [2.05, 4.69) is 31.0 Å². The third kappa shape index (κ3) is 4.22. The van der Waals surface area contributed by atoms with Crippen molar-refractivity contribution >= 4 is 17.2 Å². The molecule has 3 nitrogen and oxygen atoms in total. The van der Waals surface area contributed by atoms with E-state index in [9.17, 15) is 4.79 Å². The minimum Gasteiger partial charge on any atom is -0.384 e. The van der Waals surface area contributed by atoms with Crippen LogP contribution in [0.1, 0.15) is 41.2 Å². The van der Waals surface area contributed by atoms with E-state index in [-0.39, 0.29) is 18.6 Å². The first kappa shape index (κ1) is 13.8. The molecular weight excluding hydrogens is 234 g/mol. The quantitative estimate of drug-likeness (QED) is 0.804. The van der Waals surface area contributed by atoms with Gasteiger partial charge in [-0.25, -0.2) is 0 Å². The molecule has 0 aliphatic carbocycles. The van der Waals surface area contributed by atoms with Crippen LogP contribution in [0.15, 0.2) is 12.1 Å². The van der Waals surface area contributed by atoms with E-state index in [1.165, 1.54) is 11.3 Å². The fourth-order valence-corrected chi connectivity index (χ4v) is 2.19. The Morgan fingerprint density at radius 3 is 2.76 bits per heavy atom. The molecule has 4 heteroatoms. The molecule has 1 amide bonds. The standard InChI is InChI=1S/C13H17NO2S/c1-3-10(4-2)14-13(16)12-8-7-11(17-12)6-5-9-15/h7-8,10,15H,3-4,9H2,1-2H3,(H,14,16). The summed E-state index contributed by atoms with van der Waals surface area (Å²) in [4.78, 5) is 13.3. The van der Waals surface area contributed by atoms with E-state index in [1.807, 2.05) is 0 Å². The lowest BCUT2D eigenvalue weighted by Gasteiger charge is -2.13. The molecule has 0 fully saturated rings. The maximum Gasteiger partial charge on any atom is 0.261 e. The number of amides is 1. The molecule has 0 unspecified atom stereocenters. The van der Waals surface area contributed by atoms with Gasteiger partial charge in [0.25, 0.3) is 5.91 Å². The van der Waals surface area contributed by atoms with Gasteiger partial charge in [-0.3, -0.25) is 4.79 Å². The third-order valence-electron chi connectivity index (χ3n) is 2.44. The summed E-state index contributed by atoms with van der Waals surface area (Å²) in [5.41, 5.74) is 0. The van der Waals surface area contributed by atoms with Gasteiger partial charge in [0.15, 0.2) is 0 Å². The van der Waals surface area contributed by atoms with Crippen LogP contribution in [0.2, 0.25) is 0 Å². The molecule has 0 saturated heterocycles. The van der Waals surface area contributed by atoms with Crippen LogP contribution in [-0.2, 0) is 0 Å². The summed E-state index contributed by atoms with van der Waals surface area (Å²) in [6, 6.07) is 3.80. The molecule has 17 heavy (non-hydrogen) atoms. The number of aliphatic hydroxyl groups is 1. The molecule has 0 saturated carbocycles. The zero-order valence-corrected chi connectivity index (χ0v) is 10.9. The van der Waals surface area contributed by atoms with E-state index in [0.717, 1.165) is 17.7 Å². The van der Waals surface area contributed by atoms with E-state index in [4.69, 9.17) is 5.11 Å². The number of carbonyl (C=O) groups excluding carboxylic acids is 1. The number of rotatable bonds is 4. The molecule has 1 heterocycles. The second kappa shape index (κ2) is 7.10. The Morgan fingerprint density at radius 2 is 2.18 bits per heavy atom. The molecule has 0 radical (unpaired) electrons. The fourth-order valence-electron chi connectivity index (χ4n) is 1.40. The van der Waals surface area contributed by atoms with Gasteiger partial charge in [0.05, 0.1) is 9.75 Å². The van der Waals surface area contributed by atoms with Crippen molar-refractivity contribution in [3.8, 4) is 11.8 Å². The van der Waals surface area contributed by atoms with Crippen LogP contribution in [-0.4, -0.2) is 23.7 Å². The van der Waals surface area contributed by atoms with Crippen LogP contribution >= 0.6 is 11.3 Å². The normalized spacial score (nSPS) is 9.88. The Kier molecular flexibility index (Phi) is 5.75. The fraction of sp³-hybridized carbons (Fsp3) is 0.462. The van der Waals surface area contributed by atoms with Crippen molar-refractivity contribution in [3.05, 3.63) is 21.9 Å². The van der Waals surface area contributed by atoms with Crippen molar-refractivity contribution in [2.45, 2.75) is 32.7 Å². The number of carbonyl (C=O) groups is 1. The van der Waals surface area contributed by atoms with Gasteiger partial charge in [-0.05, 0) is 25.0 Å². The highest BCUT2D eigenvalue weighted by Gasteiger charge is 2.12. The number of hydrogen-bond donors (Lipinski definition) is 2. The van der Waals surface area contributed by atoms with Crippen LogP contribution in [0.5, 0.6) is 0 Å². The number of hydrogen-bond acceptors (Lipinski definition) is 3. The first-order valence-electron chi connectivity index (χ1n) is 5.71. The first-order valence-corrected chi connectivity index (χ1v) is 6.53. The molecule has 0 aliphatic heterocycles. The van der Waals surface area contributed by atoms with Crippen molar-refractivity contribution in [3.63, 3.8) is 0 Å². The van der Waals surface area contributed by atoms with Gasteiger partial charge in [-0.1, -0.05) is 25.7 Å². The van der Waals surface area contributed by atoms with Gasteiger partial charge in [0.2, 0.25) is 0 Å². The lowest BCUT2D eigenvalue weighted by molar-refractivity contribution is 0.0939. The molecule has 0 spiro atoms. The van der Waals surface area contributed by atoms with Crippen LogP contribution < -0.4 is 5.32 Å². The maximum atomic E-state index is 11.9. The Bertz CT molecular complexity index is 424. The van der Waals surface area contributed by atoms with Crippen molar-refractivity contribution in [2.75, 3.05) is 6.61 Å². The highest BCUT2D eigenvalue weighted by Crippen LogP contribution is 2.15. The minimum atomic E-state index is -0.160. The zero-order valence-electron chi connectivity index (χ0n) is 10.1. The second-order valence-corrected chi connectivity index (χ2v) is 4.69. The van der Waals surface area contributed by atoms with E-state index < -0.39 is 0 Å². The van der Waals surface area contributed by atoms with Crippen LogP contribution in [0.3, 0.4) is 0 Å². The summed E-state index contributed by atoms with van der Waals surface area (Å²) < 4.78 is 0. The molecule has 0 atom stereocenters. The Morgan fingerprint density at radius 1 is 1.47 bits per heavy atom. The molecule has 2 N–H and O–H groups in total. The monoisotopic (exact) mass is 251 g/mol. The summed E-state index contributed by atoms with van der Waals surface area (Å²) in [5, 5.41) is 11.6. The Balaban J connectivity index is 2.66. The first-order chi connectivity index (χ1) is 8.21. The van der Waals surface area contributed by atoms with Crippen molar-refractivity contribution in [1.82, 2.24) is 5.32 Å². The summed E-state index contributed by atoms with van der Waals surface area (Å²) >= 11 is 1.35. The molecule has 0 bridgehead atoms. The summed E-state index contributed by atoms with van der Waals surface area (Å²) in [5.74, 6) is 5.31. The van der Waals surface area contributed by atoms with Crippen molar-refractivity contribution in [1.29, 1.82) is 0 Å². The van der Waals surface area contributed by atoms with Gasteiger partial charge in [0.1, 0.15) is 6.61 Å². The maximum absolute atomic E-state index is 11.9. The number of aliphatic hydroxyl groups excluding tert-OH is 1. The minimum absolute atomic E-state index is 0.0410. The third-order valence-corrected chi connectivity index (χ3v) is 3.44. The van der Waals surface area contributed by atoms with E-state index >= 15 is 0 Å². The molecule has 0 aromatic carbocycles. The average Bonchev–Trinajstić information content (AvgIpc) is 2.82. The lowest BCUT2D eigenvalue weighted by Crippen LogP contribution is -2.33. The summed E-state index contributed by atoms with van der Waals surface area (Å²) in [7, 11) is 0. The molecule has 0 aliphatic rings. The summed E-state index contributed by atoms with van der Waals surface area (Å²) in [6.45, 7) is 3.95. The van der Waals surface area contributed by atoms with Gasteiger partial charge in [0, 0.05) is 6.04 Å². The number of nitrogens with one attached hydrogen (secondary N) is 1. The second-order valence-electron chi connectivity index (χ2n) is 3.61. The highest BCUT2D eigenvalue weighted by molar-refractivity contribution is 7.14. The molecule has 92 valence electrons. The highest BCUT2D eigenvalue weighted by atomic mass is 32.1. The Hall–Kier alpha value is -1.31. The van der Waals surface area contributed by atoms with Crippen molar-refractivity contribution < 1.29 is 9.90 Å². The number of thiophene rings is 1. The zero-order chi connectivity index (χ0) is 12.7. The van der Waals surface area contributed by atoms with Crippen LogP contribution in [0.25, 0.3) is 0 Å². The van der Waals surface area contributed by atoms with E-state index in [1.54, 1.807) is 12.1 Å². The van der Waals surface area contributed by atoms with E-state index in [0.29, 0.717) is 4.88 Å². The van der Waals surface area contributed by atoms with Gasteiger partial charge >= 0.3 is 0 Å². The predicted octanol–water partition coefficient (Wildman–Crippen LogP) is 2.01. The van der Waals surface area contributed by atoms with Crippen LogP contribution in [0.4, 0.5) is 0 Å². The van der Waals surface area contributed by atoms with Gasteiger partial charge in [-0.15, -0.1) is 11.3 Å². The van der Waals surface area contributed by atoms with Gasteiger partial charge < -0.3 is 10.4 Å². The van der Waals surface area contributed by atoms with Crippen molar-refractivity contribution in [2.24, 2.45) is 0 Å². The molecule has 1 aromatic rings. The predicted molar refractivity (Wildman–Crippen MR) is 70.1 cm³/mol. The SMILES string of the molecule is CCC(CC)NC(=O)c1ccc(C#CCO)s1. The molecular formula is C13H17NO2S.